The van der Waals surface area contributed by atoms with Gasteiger partial charge in [-0.1, -0.05) is 0 Å². The van der Waals surface area contributed by atoms with E-state index in [1.165, 1.54) is 5.38 Å². The van der Waals surface area contributed by atoms with Crippen molar-refractivity contribution in [2.75, 3.05) is 12.8 Å². The number of carbonyl (C=O) groups is 2. The van der Waals surface area contributed by atoms with Crippen LogP contribution in [-0.2, 0) is 9.53 Å². The molecule has 1 aromatic rings. The Morgan fingerprint density at radius 2 is 2.33 bits per heavy atom. The van der Waals surface area contributed by atoms with Crippen LogP contribution >= 0.6 is 11.3 Å². The molecule has 0 unspecified atom stereocenters. The minimum absolute atomic E-state index is 0.0318. The molecule has 2 N–H and O–H groups in total. The number of hydrogen-bond acceptors (Lipinski definition) is 6. The van der Waals surface area contributed by atoms with Crippen molar-refractivity contribution < 1.29 is 14.3 Å². The molecule has 0 aromatic carbocycles. The molecule has 0 amide bonds. The smallest absolute Gasteiger partial charge is 0.381 e. The molecule has 0 radical (unpaired) electrons. The number of nitrogen functional groups attached to an aromatic ring is 1. The molecule has 0 aliphatic carbocycles. The van der Waals surface area contributed by atoms with Crippen LogP contribution in [0.3, 0.4) is 0 Å². The maximum atomic E-state index is 11.0. The van der Waals surface area contributed by atoms with Gasteiger partial charge in [0.05, 0.1) is 7.11 Å². The number of anilines is 1. The molecule has 0 fully saturated rings. The van der Waals surface area contributed by atoms with E-state index < -0.39 is 11.8 Å². The number of ether oxygens (including phenoxy) is 1. The van der Waals surface area contributed by atoms with E-state index in [0.717, 1.165) is 18.4 Å². The lowest BCUT2D eigenvalue weighted by Crippen LogP contribution is -2.15. The number of carbonyl (C=O) groups excluding carboxylic acids is 2. The first kappa shape index (κ1) is 8.66. The van der Waals surface area contributed by atoms with Gasteiger partial charge in [0.1, 0.15) is 5.69 Å². The van der Waals surface area contributed by atoms with Gasteiger partial charge in [0.15, 0.2) is 5.13 Å². The van der Waals surface area contributed by atoms with Gasteiger partial charge in [-0.05, 0) is 0 Å². The van der Waals surface area contributed by atoms with E-state index in [1.54, 1.807) is 0 Å². The van der Waals surface area contributed by atoms with Gasteiger partial charge in [-0.25, -0.2) is 9.78 Å². The zero-order chi connectivity index (χ0) is 9.14. The Kier molecular flexibility index (Phi) is 2.39. The van der Waals surface area contributed by atoms with Crippen LogP contribution < -0.4 is 5.73 Å². The van der Waals surface area contributed by atoms with Crippen LogP contribution in [-0.4, -0.2) is 23.8 Å². The van der Waals surface area contributed by atoms with Crippen molar-refractivity contribution in [2.45, 2.75) is 0 Å². The summed E-state index contributed by atoms with van der Waals surface area (Å²) in [6, 6.07) is 0. The average molecular weight is 186 g/mol. The van der Waals surface area contributed by atoms with Crippen LogP contribution in [0.1, 0.15) is 10.5 Å². The third kappa shape index (κ3) is 1.59. The monoisotopic (exact) mass is 186 g/mol. The number of hydrogen-bond donors (Lipinski definition) is 1. The molecule has 0 saturated carbocycles. The second kappa shape index (κ2) is 3.31. The predicted octanol–water partition coefficient (Wildman–Crippen LogP) is 0.0810. The topological polar surface area (TPSA) is 82.3 Å². The number of methoxy groups -OCH3 is 1. The maximum absolute atomic E-state index is 11.0. The number of thiazole rings is 1. The van der Waals surface area contributed by atoms with E-state index in [1.807, 2.05) is 0 Å². The second-order valence-corrected chi connectivity index (χ2v) is 2.78. The first-order valence-electron chi connectivity index (χ1n) is 2.99. The van der Waals surface area contributed by atoms with Gasteiger partial charge >= 0.3 is 5.97 Å². The number of Topliss-reactive ketones (excluding diaryl/α,β-unsaturated/α-hetero) is 1. The standard InChI is InChI=1S/C6H6N2O3S/c1-11-5(10)4(9)3-2-12-6(7)8-3/h2H,1H3,(H2,7,8). The van der Waals surface area contributed by atoms with Gasteiger partial charge in [0.25, 0.3) is 5.78 Å². The van der Waals surface area contributed by atoms with Gasteiger partial charge in [0.2, 0.25) is 0 Å². The third-order valence-corrected chi connectivity index (χ3v) is 1.80. The van der Waals surface area contributed by atoms with E-state index in [-0.39, 0.29) is 10.8 Å². The fraction of sp³-hybridized carbons (Fsp3) is 0.167. The Labute approximate surface area is 72.2 Å². The van der Waals surface area contributed by atoms with E-state index >= 15 is 0 Å². The van der Waals surface area contributed by atoms with Crippen molar-refractivity contribution in [2.24, 2.45) is 0 Å². The summed E-state index contributed by atoms with van der Waals surface area (Å²) < 4.78 is 4.21. The molecule has 5 nitrogen and oxygen atoms in total. The quantitative estimate of drug-likeness (QED) is 0.402. The highest BCUT2D eigenvalue weighted by molar-refractivity contribution is 7.13. The van der Waals surface area contributed by atoms with Crippen LogP contribution in [0, 0.1) is 0 Å². The van der Waals surface area contributed by atoms with Crippen LogP contribution in [0.15, 0.2) is 5.38 Å². The summed E-state index contributed by atoms with van der Waals surface area (Å²) in [5.74, 6) is -1.70. The highest BCUT2D eigenvalue weighted by atomic mass is 32.1. The number of rotatable bonds is 2. The summed E-state index contributed by atoms with van der Waals surface area (Å²) in [4.78, 5) is 25.3. The summed E-state index contributed by atoms with van der Waals surface area (Å²) in [5, 5.41) is 1.66. The Morgan fingerprint density at radius 1 is 1.67 bits per heavy atom. The lowest BCUT2D eigenvalue weighted by molar-refractivity contribution is -0.135. The predicted molar refractivity (Wildman–Crippen MR) is 42.9 cm³/mol. The van der Waals surface area contributed by atoms with Gasteiger partial charge in [-0.3, -0.25) is 4.79 Å². The summed E-state index contributed by atoms with van der Waals surface area (Å²) in [7, 11) is 1.13. The summed E-state index contributed by atoms with van der Waals surface area (Å²) in [5.41, 5.74) is 5.29. The molecule has 1 aromatic heterocycles. The lowest BCUT2D eigenvalue weighted by Gasteiger charge is -1.92. The minimum Gasteiger partial charge on any atom is -0.463 e. The molecule has 0 spiro atoms. The Morgan fingerprint density at radius 3 is 2.75 bits per heavy atom. The molecular formula is C6H6N2O3S. The molecule has 64 valence electrons. The van der Waals surface area contributed by atoms with E-state index in [2.05, 4.69) is 9.72 Å². The molecule has 6 heteroatoms. The fourth-order valence-electron chi connectivity index (χ4n) is 0.589. The first-order valence-corrected chi connectivity index (χ1v) is 3.86. The van der Waals surface area contributed by atoms with E-state index in [4.69, 9.17) is 5.73 Å². The number of aromatic nitrogens is 1. The largest absolute Gasteiger partial charge is 0.463 e. The average Bonchev–Trinajstić information content (AvgIpc) is 2.49. The maximum Gasteiger partial charge on any atom is 0.381 e. The van der Waals surface area contributed by atoms with E-state index in [9.17, 15) is 9.59 Å². The summed E-state index contributed by atoms with van der Waals surface area (Å²) in [6.07, 6.45) is 0. The van der Waals surface area contributed by atoms with Crippen molar-refractivity contribution in [1.82, 2.24) is 4.98 Å². The van der Waals surface area contributed by atoms with Crippen LogP contribution in [0.25, 0.3) is 0 Å². The minimum atomic E-state index is -0.930. The molecule has 0 atom stereocenters. The van der Waals surface area contributed by atoms with E-state index in [0.29, 0.717) is 0 Å². The van der Waals surface area contributed by atoms with Crippen LogP contribution in [0.5, 0.6) is 0 Å². The normalized spacial score (nSPS) is 9.42. The fourth-order valence-corrected chi connectivity index (χ4v) is 1.13. The summed E-state index contributed by atoms with van der Waals surface area (Å²) >= 11 is 1.10. The van der Waals surface area contributed by atoms with Crippen molar-refractivity contribution >= 4 is 28.2 Å². The highest BCUT2D eigenvalue weighted by Crippen LogP contribution is 2.11. The SMILES string of the molecule is COC(=O)C(=O)c1csc(N)n1. The van der Waals surface area contributed by atoms with Crippen LogP contribution in [0.4, 0.5) is 5.13 Å². The van der Waals surface area contributed by atoms with Gasteiger partial charge < -0.3 is 10.5 Å². The second-order valence-electron chi connectivity index (χ2n) is 1.89. The number of nitrogens with two attached hydrogens (primary N) is 1. The van der Waals surface area contributed by atoms with Crippen molar-refractivity contribution in [3.8, 4) is 0 Å². The highest BCUT2D eigenvalue weighted by Gasteiger charge is 2.18. The van der Waals surface area contributed by atoms with Crippen molar-refractivity contribution in [3.05, 3.63) is 11.1 Å². The van der Waals surface area contributed by atoms with Crippen molar-refractivity contribution in [3.63, 3.8) is 0 Å². The van der Waals surface area contributed by atoms with Gasteiger partial charge in [-0.2, -0.15) is 0 Å². The van der Waals surface area contributed by atoms with Gasteiger partial charge in [0, 0.05) is 5.38 Å². The lowest BCUT2D eigenvalue weighted by atomic mass is 10.3. The molecule has 1 heterocycles. The summed E-state index contributed by atoms with van der Waals surface area (Å²) in [6.45, 7) is 0. The van der Waals surface area contributed by atoms with Gasteiger partial charge in [-0.15, -0.1) is 11.3 Å². The Bertz CT molecular complexity index is 320. The number of esters is 1. The Hall–Kier alpha value is -1.43. The number of ketones is 1. The Balaban J connectivity index is 2.85. The molecular weight excluding hydrogens is 180 g/mol. The number of nitrogens with zero attached hydrogens (tertiary/aromatic N) is 1. The van der Waals surface area contributed by atoms with Crippen molar-refractivity contribution in [1.29, 1.82) is 0 Å². The zero-order valence-electron chi connectivity index (χ0n) is 6.23. The van der Waals surface area contributed by atoms with Crippen LogP contribution in [0.2, 0.25) is 0 Å². The molecule has 0 bridgehead atoms. The zero-order valence-corrected chi connectivity index (χ0v) is 7.05. The molecule has 0 aliphatic heterocycles. The molecule has 1 rings (SSSR count). The first-order chi connectivity index (χ1) is 5.65. The molecule has 12 heavy (non-hydrogen) atoms. The third-order valence-electron chi connectivity index (χ3n) is 1.13. The molecule has 0 aliphatic rings. The molecule has 0 saturated heterocycles.